The summed E-state index contributed by atoms with van der Waals surface area (Å²) in [5.74, 6) is 5.25. The fraction of sp³-hybridized carbons (Fsp3) is 0. The first-order valence-electron chi connectivity index (χ1n) is 4.98. The van der Waals surface area contributed by atoms with Crippen LogP contribution in [0.5, 0.6) is 0 Å². The first kappa shape index (κ1) is 16.0. The van der Waals surface area contributed by atoms with E-state index >= 15 is 0 Å². The van der Waals surface area contributed by atoms with Crippen LogP contribution in [0.3, 0.4) is 0 Å². The van der Waals surface area contributed by atoms with E-state index in [2.05, 4.69) is 5.43 Å². The number of hydrazine groups is 1. The lowest BCUT2D eigenvalue weighted by molar-refractivity contribution is 0.483. The Bertz CT molecular complexity index is 823. The van der Waals surface area contributed by atoms with Crippen molar-refractivity contribution in [2.75, 3.05) is 5.43 Å². The third-order valence-corrected chi connectivity index (χ3v) is 3.13. The normalized spacial score (nSPS) is 10.5. The molecule has 8 nitrogen and oxygen atoms in total. The van der Waals surface area contributed by atoms with E-state index in [1.165, 1.54) is 12.1 Å². The van der Waals surface area contributed by atoms with Crippen LogP contribution < -0.4 is 11.3 Å². The Kier molecular flexibility index (Phi) is 5.16. The Morgan fingerprint density at radius 2 is 1.55 bits per heavy atom. The third kappa shape index (κ3) is 4.59. The van der Waals surface area contributed by atoms with Gasteiger partial charge in [0.2, 0.25) is 0 Å². The first-order valence-corrected chi connectivity index (χ1v) is 7.42. The molecule has 20 heavy (non-hydrogen) atoms. The molecule has 0 atom stereocenters. The van der Waals surface area contributed by atoms with E-state index in [-0.39, 0.29) is 4.90 Å². The molecule has 0 aliphatic heterocycles. The predicted octanol–water partition coefficient (Wildman–Crippen LogP) is 0.368. The molecule has 108 valence electrons. The lowest BCUT2D eigenvalue weighted by Crippen LogP contribution is -2.06. The molecule has 2 aromatic carbocycles. The number of hydrogen-bond donors (Lipinski definition) is 3. The van der Waals surface area contributed by atoms with E-state index in [4.69, 9.17) is 23.0 Å². The molecule has 0 aliphatic carbocycles. The number of nitrogens with two attached hydrogens (primary N) is 1. The quantitative estimate of drug-likeness (QED) is 0.409. The van der Waals surface area contributed by atoms with Gasteiger partial charge in [-0.2, -0.15) is 8.42 Å². The van der Waals surface area contributed by atoms with Crippen LogP contribution in [-0.2, 0) is 20.7 Å². The Morgan fingerprint density at radius 1 is 1.00 bits per heavy atom. The van der Waals surface area contributed by atoms with Crippen molar-refractivity contribution in [3.63, 3.8) is 0 Å². The lowest BCUT2D eigenvalue weighted by atomic mass is 10.1. The summed E-state index contributed by atoms with van der Waals surface area (Å²) in [5, 5.41) is 1.55. The summed E-state index contributed by atoms with van der Waals surface area (Å²) in [7, 11) is -7.28. The minimum atomic E-state index is -4.17. The highest BCUT2D eigenvalue weighted by Gasteiger charge is 2.09. The summed E-state index contributed by atoms with van der Waals surface area (Å²) in [6, 6.07) is 9.65. The fourth-order valence-electron chi connectivity index (χ4n) is 1.48. The van der Waals surface area contributed by atoms with Gasteiger partial charge >= 0.3 is 10.6 Å². The molecular formula is C10H10N2O6S2. The average molecular weight is 318 g/mol. The minimum absolute atomic E-state index is 0.130. The zero-order valence-corrected chi connectivity index (χ0v) is 11.5. The molecule has 0 aromatic heterocycles. The molecule has 0 unspecified atom stereocenters. The molecule has 2 aromatic rings. The summed E-state index contributed by atoms with van der Waals surface area (Å²) < 4.78 is 56.1. The molecule has 0 amide bonds. The molecule has 0 radical (unpaired) electrons. The van der Waals surface area contributed by atoms with Crippen LogP contribution in [0.4, 0.5) is 5.69 Å². The number of fused-ring (bicyclic) bond motifs is 1. The minimum Gasteiger partial charge on any atom is -0.324 e. The van der Waals surface area contributed by atoms with E-state index in [1.54, 1.807) is 24.3 Å². The van der Waals surface area contributed by atoms with Gasteiger partial charge in [-0.15, -0.1) is 12.6 Å². The van der Waals surface area contributed by atoms with Gasteiger partial charge in [-0.1, -0.05) is 12.1 Å². The van der Waals surface area contributed by atoms with Crippen LogP contribution in [0.15, 0.2) is 41.3 Å². The van der Waals surface area contributed by atoms with Gasteiger partial charge in [0.1, 0.15) is 0 Å². The smallest absolute Gasteiger partial charge is 0.324 e. The van der Waals surface area contributed by atoms with Crippen LogP contribution in [0.2, 0.25) is 0 Å². The molecule has 0 saturated heterocycles. The van der Waals surface area contributed by atoms with Gasteiger partial charge in [-0.3, -0.25) is 10.4 Å². The number of anilines is 1. The van der Waals surface area contributed by atoms with Crippen molar-refractivity contribution in [2.45, 2.75) is 4.90 Å². The van der Waals surface area contributed by atoms with Crippen molar-refractivity contribution in [2.24, 2.45) is 5.84 Å². The molecule has 0 fully saturated rings. The number of hydrogen-bond acceptors (Lipinski definition) is 7. The molecule has 0 spiro atoms. The number of nitrogen functional groups attached to an aromatic ring is 1. The molecular weight excluding hydrogens is 308 g/mol. The van der Waals surface area contributed by atoms with E-state index < -0.39 is 20.7 Å². The monoisotopic (exact) mass is 318 g/mol. The maximum absolute atomic E-state index is 10.9. The summed E-state index contributed by atoms with van der Waals surface area (Å²) in [5.41, 5.74) is 3.13. The maximum atomic E-state index is 10.9. The summed E-state index contributed by atoms with van der Waals surface area (Å²) in [4.78, 5) is -0.130. The van der Waals surface area contributed by atoms with E-state index in [1.807, 2.05) is 0 Å². The Balaban J connectivity index is 0.000000444. The molecule has 0 bridgehead atoms. The van der Waals surface area contributed by atoms with Crippen LogP contribution in [0, 0.1) is 0 Å². The van der Waals surface area contributed by atoms with Crippen molar-refractivity contribution < 1.29 is 25.6 Å². The standard InChI is InChI=1S/C10H10N2O3S.O3S/c11-12-9-3-1-7-2-4-10(16(13,14)15)6-8(7)5-9;1-4(2)3/h1-6,12H,11H2,(H,13,14,15);. The predicted molar refractivity (Wildman–Crippen MR) is 71.3 cm³/mol. The van der Waals surface area contributed by atoms with Gasteiger partial charge < -0.3 is 5.43 Å². The average Bonchev–Trinajstić information content (AvgIpc) is 2.35. The van der Waals surface area contributed by atoms with Gasteiger partial charge in [-0.25, -0.2) is 0 Å². The second kappa shape index (κ2) is 6.43. The van der Waals surface area contributed by atoms with Crippen LogP contribution in [0.1, 0.15) is 0 Å². The highest BCUT2D eigenvalue weighted by molar-refractivity contribution is 7.85. The molecule has 4 N–H and O–H groups in total. The summed E-state index contributed by atoms with van der Waals surface area (Å²) in [6.45, 7) is 0. The molecule has 2 rings (SSSR count). The van der Waals surface area contributed by atoms with Gasteiger partial charge in [0, 0.05) is 5.69 Å². The molecule has 0 heterocycles. The maximum Gasteiger partial charge on any atom is 0.425 e. The number of nitrogens with one attached hydrogen (secondary N) is 1. The zero-order chi connectivity index (χ0) is 15.3. The van der Waals surface area contributed by atoms with Crippen LogP contribution >= 0.6 is 0 Å². The van der Waals surface area contributed by atoms with E-state index in [0.29, 0.717) is 11.1 Å². The van der Waals surface area contributed by atoms with E-state index in [0.717, 1.165) is 5.39 Å². The molecule has 0 aliphatic rings. The zero-order valence-electron chi connectivity index (χ0n) is 9.85. The number of rotatable bonds is 2. The molecule has 0 saturated carbocycles. The first-order chi connectivity index (χ1) is 9.24. The Morgan fingerprint density at radius 3 is 2.05 bits per heavy atom. The van der Waals surface area contributed by atoms with Crippen molar-refractivity contribution >= 4 is 37.2 Å². The largest absolute Gasteiger partial charge is 0.425 e. The van der Waals surface area contributed by atoms with Crippen molar-refractivity contribution in [3.05, 3.63) is 36.4 Å². The van der Waals surface area contributed by atoms with Crippen LogP contribution in [0.25, 0.3) is 10.8 Å². The highest BCUT2D eigenvalue weighted by atomic mass is 32.2. The van der Waals surface area contributed by atoms with Crippen molar-refractivity contribution in [1.29, 1.82) is 0 Å². The van der Waals surface area contributed by atoms with E-state index in [9.17, 15) is 8.42 Å². The Labute approximate surface area is 116 Å². The van der Waals surface area contributed by atoms with Gasteiger partial charge in [0.05, 0.1) is 4.90 Å². The summed E-state index contributed by atoms with van der Waals surface area (Å²) in [6.07, 6.45) is 0. The second-order valence-electron chi connectivity index (χ2n) is 3.55. The topological polar surface area (TPSA) is 144 Å². The third-order valence-electron chi connectivity index (χ3n) is 2.28. The van der Waals surface area contributed by atoms with Gasteiger partial charge in [-0.05, 0) is 35.0 Å². The molecule has 10 heteroatoms. The summed E-state index contributed by atoms with van der Waals surface area (Å²) >= 11 is 0. The van der Waals surface area contributed by atoms with Gasteiger partial charge in [0.15, 0.2) is 0 Å². The fourth-order valence-corrected chi connectivity index (χ4v) is 1.99. The highest BCUT2D eigenvalue weighted by Crippen LogP contribution is 2.22. The lowest BCUT2D eigenvalue weighted by Gasteiger charge is -2.04. The van der Waals surface area contributed by atoms with Gasteiger partial charge in [0.25, 0.3) is 10.1 Å². The Hall–Kier alpha value is -2.01. The van der Waals surface area contributed by atoms with Crippen LogP contribution in [-0.4, -0.2) is 25.6 Å². The van der Waals surface area contributed by atoms with Crippen molar-refractivity contribution in [1.82, 2.24) is 0 Å². The van der Waals surface area contributed by atoms with Crippen molar-refractivity contribution in [3.8, 4) is 0 Å². The SMILES string of the molecule is NNc1ccc2ccc(S(=O)(=O)O)cc2c1.O=S(=O)=O. The second-order valence-corrected chi connectivity index (χ2v) is 5.38. The number of benzene rings is 2.